The molecule has 3 aromatic rings. The second kappa shape index (κ2) is 10.3. The van der Waals surface area contributed by atoms with Crippen LogP contribution in [0.5, 0.6) is 0 Å². The number of H-pyrrole nitrogens is 1. The first kappa shape index (κ1) is 25.3. The Bertz CT molecular complexity index is 1230. The maximum absolute atomic E-state index is 13.5. The molecule has 1 aliphatic carbocycles. The van der Waals surface area contributed by atoms with Crippen LogP contribution in [0, 0.1) is 24.5 Å². The molecule has 182 valence electrons. The van der Waals surface area contributed by atoms with Crippen LogP contribution in [-0.2, 0) is 0 Å². The summed E-state index contributed by atoms with van der Waals surface area (Å²) >= 11 is 0. The molecule has 2 aromatic heterocycles. The molecule has 0 atom stereocenters. The van der Waals surface area contributed by atoms with Gasteiger partial charge in [-0.2, -0.15) is 13.2 Å². The van der Waals surface area contributed by atoms with E-state index in [0.717, 1.165) is 11.6 Å². The van der Waals surface area contributed by atoms with Gasteiger partial charge in [-0.25, -0.2) is 8.78 Å². The zero-order valence-electron chi connectivity index (χ0n) is 18.4. The predicted molar refractivity (Wildman–Crippen MR) is 117 cm³/mol. The molecule has 2 heterocycles. The Kier molecular flexibility index (Phi) is 7.68. The van der Waals surface area contributed by atoms with Gasteiger partial charge < -0.3 is 10.7 Å². The Labute approximate surface area is 192 Å². The van der Waals surface area contributed by atoms with Crippen LogP contribution in [0.2, 0.25) is 0 Å². The van der Waals surface area contributed by atoms with Crippen LogP contribution in [0.25, 0.3) is 10.9 Å². The van der Waals surface area contributed by atoms with E-state index in [2.05, 4.69) is 9.97 Å². The maximum Gasteiger partial charge on any atom is 0.389 e. The van der Waals surface area contributed by atoms with Crippen molar-refractivity contribution in [3.05, 3.63) is 75.3 Å². The lowest BCUT2D eigenvalue weighted by Crippen LogP contribution is -2.20. The van der Waals surface area contributed by atoms with Gasteiger partial charge in [0.25, 0.3) is 5.91 Å². The van der Waals surface area contributed by atoms with Gasteiger partial charge in [0, 0.05) is 24.9 Å². The highest BCUT2D eigenvalue weighted by Crippen LogP contribution is 2.41. The highest BCUT2D eigenvalue weighted by Gasteiger charge is 2.34. The fraction of sp³-hybridized carbons (Fsp3) is 0.375. The molecule has 0 radical (unpaired) electrons. The van der Waals surface area contributed by atoms with Crippen molar-refractivity contribution in [2.45, 2.75) is 51.1 Å². The molecule has 1 saturated carbocycles. The SMILES string of the molecule is Cc1c(C2CCC(CC(F)(F)F)CC2)ccc(F)c1F.NC(=O)c1nccc2[nH]ccc(=O)c12. The number of nitrogens with zero attached hydrogens (tertiary/aromatic N) is 1. The summed E-state index contributed by atoms with van der Waals surface area (Å²) in [7, 11) is 0. The summed E-state index contributed by atoms with van der Waals surface area (Å²) in [6.07, 6.45) is 0.268. The standard InChI is InChI=1S/C15H17F5.C9H7N3O2/c1-9-12(6-7-13(16)14(9)17)11-4-2-10(3-5-11)8-15(18,19)20;10-9(14)8-7-5(1-3-12-8)11-4-2-6(7)13/h6-7,10-11H,2-5,8H2,1H3;1-4H,(H2,10,14)(H,11,13). The van der Waals surface area contributed by atoms with Crippen LogP contribution in [0.4, 0.5) is 22.0 Å². The molecule has 0 spiro atoms. The lowest BCUT2D eigenvalue weighted by Gasteiger charge is -2.30. The normalized spacial score (nSPS) is 18.3. The van der Waals surface area contributed by atoms with Gasteiger partial charge in [0.05, 0.1) is 10.9 Å². The molecule has 34 heavy (non-hydrogen) atoms. The van der Waals surface area contributed by atoms with Gasteiger partial charge in [0.1, 0.15) is 5.69 Å². The number of hydrogen-bond acceptors (Lipinski definition) is 3. The number of fused-ring (bicyclic) bond motifs is 1. The number of amides is 1. The number of carbonyl (C=O) groups excluding carboxylic acids is 1. The van der Waals surface area contributed by atoms with Gasteiger partial charge in [-0.15, -0.1) is 0 Å². The van der Waals surface area contributed by atoms with E-state index in [9.17, 15) is 31.5 Å². The number of aromatic amines is 1. The van der Waals surface area contributed by atoms with Crippen molar-refractivity contribution in [2.24, 2.45) is 11.7 Å². The summed E-state index contributed by atoms with van der Waals surface area (Å²) < 4.78 is 63.6. The van der Waals surface area contributed by atoms with Crippen molar-refractivity contribution in [1.29, 1.82) is 0 Å². The van der Waals surface area contributed by atoms with Crippen molar-refractivity contribution < 1.29 is 26.7 Å². The second-order valence-corrected chi connectivity index (χ2v) is 8.40. The molecule has 1 fully saturated rings. The smallest absolute Gasteiger partial charge is 0.364 e. The Morgan fingerprint density at radius 2 is 1.79 bits per heavy atom. The van der Waals surface area contributed by atoms with E-state index in [-0.39, 0.29) is 33.9 Å². The summed E-state index contributed by atoms with van der Waals surface area (Å²) in [5.41, 5.74) is 6.40. The number of hydrogen-bond donors (Lipinski definition) is 2. The molecule has 1 aromatic carbocycles. The highest BCUT2D eigenvalue weighted by atomic mass is 19.4. The minimum atomic E-state index is -4.12. The minimum absolute atomic E-state index is 0.00403. The quantitative estimate of drug-likeness (QED) is 0.483. The van der Waals surface area contributed by atoms with E-state index < -0.39 is 30.1 Å². The number of nitrogens with one attached hydrogen (secondary N) is 1. The molecule has 0 unspecified atom stereocenters. The number of nitrogens with two attached hydrogens (primary N) is 1. The number of aromatic nitrogens is 2. The topological polar surface area (TPSA) is 88.8 Å². The van der Waals surface area contributed by atoms with Crippen molar-refractivity contribution in [3.8, 4) is 0 Å². The van der Waals surface area contributed by atoms with E-state index >= 15 is 0 Å². The van der Waals surface area contributed by atoms with Crippen LogP contribution in [-0.4, -0.2) is 22.1 Å². The fourth-order valence-electron chi connectivity index (χ4n) is 4.42. The van der Waals surface area contributed by atoms with Crippen LogP contribution < -0.4 is 11.2 Å². The first-order chi connectivity index (χ1) is 16.0. The van der Waals surface area contributed by atoms with Gasteiger partial charge in [-0.05, 0) is 67.7 Å². The first-order valence-corrected chi connectivity index (χ1v) is 10.8. The maximum atomic E-state index is 13.5. The molecule has 1 aliphatic rings. The number of alkyl halides is 3. The fourth-order valence-corrected chi connectivity index (χ4v) is 4.42. The Morgan fingerprint density at radius 1 is 1.12 bits per heavy atom. The van der Waals surface area contributed by atoms with Crippen LogP contribution in [0.1, 0.15) is 59.6 Å². The molecule has 10 heteroatoms. The van der Waals surface area contributed by atoms with E-state index in [1.54, 1.807) is 12.1 Å². The summed E-state index contributed by atoms with van der Waals surface area (Å²) in [5.74, 6) is -2.73. The van der Waals surface area contributed by atoms with E-state index in [1.165, 1.54) is 25.4 Å². The van der Waals surface area contributed by atoms with Crippen molar-refractivity contribution in [1.82, 2.24) is 9.97 Å². The molecule has 5 nitrogen and oxygen atoms in total. The molecule has 4 rings (SSSR count). The molecule has 3 N–H and O–H groups in total. The molecule has 0 bridgehead atoms. The zero-order valence-corrected chi connectivity index (χ0v) is 18.4. The first-order valence-electron chi connectivity index (χ1n) is 10.8. The third-order valence-electron chi connectivity index (χ3n) is 6.09. The summed E-state index contributed by atoms with van der Waals surface area (Å²) in [6.45, 7) is 1.52. The van der Waals surface area contributed by atoms with Crippen LogP contribution in [0.15, 0.2) is 41.5 Å². The summed E-state index contributed by atoms with van der Waals surface area (Å²) in [5, 5.41) is 0.238. The van der Waals surface area contributed by atoms with Crippen LogP contribution in [0.3, 0.4) is 0 Å². The Hall–Kier alpha value is -3.30. The molecule has 0 saturated heterocycles. The molecule has 0 aliphatic heterocycles. The number of benzene rings is 1. The lowest BCUT2D eigenvalue weighted by molar-refractivity contribution is -0.146. The van der Waals surface area contributed by atoms with Crippen molar-refractivity contribution in [3.63, 3.8) is 0 Å². The summed E-state index contributed by atoms with van der Waals surface area (Å²) in [6, 6.07) is 5.60. The average molecular weight is 481 g/mol. The summed E-state index contributed by atoms with van der Waals surface area (Å²) in [4.78, 5) is 29.0. The third kappa shape index (κ3) is 5.98. The predicted octanol–water partition coefficient (Wildman–Crippen LogP) is 5.52. The second-order valence-electron chi connectivity index (χ2n) is 8.40. The Balaban J connectivity index is 0.000000202. The number of carbonyl (C=O) groups is 1. The molecular weight excluding hydrogens is 457 g/mol. The molecular formula is C24H24F5N3O2. The van der Waals surface area contributed by atoms with E-state index in [4.69, 9.17) is 5.73 Å². The van der Waals surface area contributed by atoms with Crippen LogP contribution >= 0.6 is 0 Å². The molecule has 1 amide bonds. The third-order valence-corrected chi connectivity index (χ3v) is 6.09. The average Bonchev–Trinajstić information content (AvgIpc) is 2.77. The number of primary amides is 1. The van der Waals surface area contributed by atoms with Gasteiger partial charge in [0.15, 0.2) is 17.1 Å². The number of pyridine rings is 2. The highest BCUT2D eigenvalue weighted by molar-refractivity contribution is 6.03. The Morgan fingerprint density at radius 3 is 2.41 bits per heavy atom. The van der Waals surface area contributed by atoms with Crippen molar-refractivity contribution >= 4 is 16.8 Å². The number of halogens is 5. The lowest BCUT2D eigenvalue weighted by atomic mass is 9.76. The largest absolute Gasteiger partial charge is 0.389 e. The minimum Gasteiger partial charge on any atom is -0.364 e. The van der Waals surface area contributed by atoms with Gasteiger partial charge in [-0.1, -0.05) is 6.07 Å². The zero-order chi connectivity index (χ0) is 25.0. The van der Waals surface area contributed by atoms with E-state index in [0.29, 0.717) is 31.2 Å². The van der Waals surface area contributed by atoms with E-state index in [1.807, 2.05) is 0 Å². The van der Waals surface area contributed by atoms with Gasteiger partial charge in [0.2, 0.25) is 0 Å². The van der Waals surface area contributed by atoms with Gasteiger partial charge in [-0.3, -0.25) is 14.6 Å². The number of rotatable bonds is 3. The monoisotopic (exact) mass is 481 g/mol. The van der Waals surface area contributed by atoms with Gasteiger partial charge >= 0.3 is 6.18 Å². The van der Waals surface area contributed by atoms with Crippen molar-refractivity contribution in [2.75, 3.05) is 0 Å².